The normalized spacial score (nSPS) is 11.8. The quantitative estimate of drug-likeness (QED) is 0.699. The van der Waals surface area contributed by atoms with Gasteiger partial charge in [0.25, 0.3) is 5.91 Å². The number of ether oxygens (including phenoxy) is 1. The van der Waals surface area contributed by atoms with Crippen LogP contribution in [0.1, 0.15) is 34.8 Å². The van der Waals surface area contributed by atoms with Crippen LogP contribution in [0.2, 0.25) is 0 Å². The number of benzene rings is 2. The Labute approximate surface area is 151 Å². The van der Waals surface area contributed by atoms with Crippen molar-refractivity contribution >= 4 is 17.2 Å². The lowest BCUT2D eigenvalue weighted by Crippen LogP contribution is -2.28. The number of methoxy groups -OCH3 is 1. The van der Waals surface area contributed by atoms with Gasteiger partial charge in [0, 0.05) is 16.5 Å². The number of hydrogen-bond acceptors (Lipinski definition) is 4. The minimum absolute atomic E-state index is 0.0753. The van der Waals surface area contributed by atoms with Gasteiger partial charge in [-0.25, -0.2) is 4.98 Å². The average molecular weight is 352 g/mol. The summed E-state index contributed by atoms with van der Waals surface area (Å²) < 4.78 is 5.19. The molecule has 3 aromatic rings. The molecule has 1 aromatic heterocycles. The molecule has 0 saturated heterocycles. The maximum atomic E-state index is 12.4. The fourth-order valence-electron chi connectivity index (χ4n) is 2.51. The molecular formula is C20H20N2O2S. The maximum Gasteiger partial charge on any atom is 0.251 e. The van der Waals surface area contributed by atoms with Crippen molar-refractivity contribution in [3.63, 3.8) is 0 Å². The zero-order valence-electron chi connectivity index (χ0n) is 14.2. The van der Waals surface area contributed by atoms with E-state index in [1.807, 2.05) is 66.9 Å². The van der Waals surface area contributed by atoms with Crippen molar-refractivity contribution in [1.82, 2.24) is 10.3 Å². The third-order valence-corrected chi connectivity index (χ3v) is 4.91. The number of rotatable bonds is 6. The van der Waals surface area contributed by atoms with E-state index in [1.54, 1.807) is 18.4 Å². The molecule has 0 aliphatic heterocycles. The van der Waals surface area contributed by atoms with E-state index in [4.69, 9.17) is 9.72 Å². The van der Waals surface area contributed by atoms with Crippen LogP contribution >= 0.6 is 11.3 Å². The van der Waals surface area contributed by atoms with Crippen LogP contribution in [-0.2, 0) is 0 Å². The average Bonchev–Trinajstić information content (AvgIpc) is 3.16. The molecule has 0 radical (unpaired) electrons. The Bertz CT molecular complexity index is 828. The number of nitrogens with one attached hydrogen (secondary N) is 1. The topological polar surface area (TPSA) is 51.2 Å². The van der Waals surface area contributed by atoms with Crippen molar-refractivity contribution in [2.24, 2.45) is 0 Å². The molecule has 0 bridgehead atoms. The van der Waals surface area contributed by atoms with Gasteiger partial charge in [-0.3, -0.25) is 4.79 Å². The first-order valence-electron chi connectivity index (χ1n) is 8.17. The molecule has 128 valence electrons. The predicted molar refractivity (Wildman–Crippen MR) is 101 cm³/mol. The molecule has 0 saturated carbocycles. The summed E-state index contributed by atoms with van der Waals surface area (Å²) in [6.45, 7) is 2.05. The summed E-state index contributed by atoms with van der Waals surface area (Å²) in [7, 11) is 1.65. The van der Waals surface area contributed by atoms with Gasteiger partial charge >= 0.3 is 0 Å². The lowest BCUT2D eigenvalue weighted by molar-refractivity contribution is 0.0935. The number of carbonyl (C=O) groups excluding carboxylic acids is 1. The SMILES string of the molecule is CCC(NC(=O)c1ccccc1)c1nc(-c2ccc(OC)cc2)cs1. The van der Waals surface area contributed by atoms with Crippen LogP contribution in [0, 0.1) is 0 Å². The standard InChI is InChI=1S/C20H20N2O2S/c1-3-17(21-19(23)15-7-5-4-6-8-15)20-22-18(13-25-20)14-9-11-16(24-2)12-10-14/h4-13,17H,3H2,1-2H3,(H,21,23). The van der Waals surface area contributed by atoms with E-state index >= 15 is 0 Å². The van der Waals surface area contributed by atoms with Gasteiger partial charge in [-0.15, -0.1) is 11.3 Å². The highest BCUT2D eigenvalue weighted by atomic mass is 32.1. The van der Waals surface area contributed by atoms with Gasteiger partial charge in [0.15, 0.2) is 0 Å². The highest BCUT2D eigenvalue weighted by molar-refractivity contribution is 7.10. The monoisotopic (exact) mass is 352 g/mol. The van der Waals surface area contributed by atoms with Crippen molar-refractivity contribution in [3.05, 3.63) is 70.5 Å². The number of hydrogen-bond donors (Lipinski definition) is 1. The molecule has 0 aliphatic carbocycles. The van der Waals surface area contributed by atoms with Crippen molar-refractivity contribution < 1.29 is 9.53 Å². The smallest absolute Gasteiger partial charge is 0.251 e. The zero-order valence-corrected chi connectivity index (χ0v) is 15.0. The molecule has 3 rings (SSSR count). The number of nitrogens with zero attached hydrogens (tertiary/aromatic N) is 1. The highest BCUT2D eigenvalue weighted by Crippen LogP contribution is 2.28. The van der Waals surface area contributed by atoms with Crippen LogP contribution in [0.4, 0.5) is 0 Å². The summed E-state index contributed by atoms with van der Waals surface area (Å²) in [4.78, 5) is 17.1. The van der Waals surface area contributed by atoms with Crippen molar-refractivity contribution in [1.29, 1.82) is 0 Å². The Hall–Kier alpha value is -2.66. The second-order valence-electron chi connectivity index (χ2n) is 5.60. The summed E-state index contributed by atoms with van der Waals surface area (Å²) in [5.74, 6) is 0.745. The van der Waals surface area contributed by atoms with Gasteiger partial charge in [-0.1, -0.05) is 25.1 Å². The first-order valence-corrected chi connectivity index (χ1v) is 9.05. The second-order valence-corrected chi connectivity index (χ2v) is 6.49. The summed E-state index contributed by atoms with van der Waals surface area (Å²) in [6.07, 6.45) is 0.786. The second kappa shape index (κ2) is 7.94. The number of carbonyl (C=O) groups is 1. The molecule has 0 fully saturated rings. The molecule has 0 aliphatic rings. The molecule has 25 heavy (non-hydrogen) atoms. The molecule has 1 atom stereocenters. The molecule has 4 nitrogen and oxygen atoms in total. The van der Waals surface area contributed by atoms with E-state index in [9.17, 15) is 4.79 Å². The largest absolute Gasteiger partial charge is 0.497 e. The van der Waals surface area contributed by atoms with Crippen LogP contribution in [0.15, 0.2) is 60.0 Å². The third-order valence-electron chi connectivity index (χ3n) is 3.96. The molecule has 2 aromatic carbocycles. The van der Waals surface area contributed by atoms with Crippen LogP contribution in [0.3, 0.4) is 0 Å². The molecule has 1 N–H and O–H groups in total. The minimum Gasteiger partial charge on any atom is -0.497 e. The van der Waals surface area contributed by atoms with Gasteiger partial charge in [-0.2, -0.15) is 0 Å². The van der Waals surface area contributed by atoms with Crippen LogP contribution in [-0.4, -0.2) is 18.0 Å². The predicted octanol–water partition coefficient (Wildman–Crippen LogP) is 4.70. The molecule has 0 spiro atoms. The van der Waals surface area contributed by atoms with Gasteiger partial charge in [-0.05, 0) is 42.8 Å². The van der Waals surface area contributed by atoms with Gasteiger partial charge in [0.1, 0.15) is 10.8 Å². The summed E-state index contributed by atoms with van der Waals surface area (Å²) in [5.41, 5.74) is 2.61. The van der Waals surface area contributed by atoms with Crippen LogP contribution in [0.5, 0.6) is 5.75 Å². The lowest BCUT2D eigenvalue weighted by Gasteiger charge is -2.14. The highest BCUT2D eigenvalue weighted by Gasteiger charge is 2.17. The van der Waals surface area contributed by atoms with E-state index in [2.05, 4.69) is 5.32 Å². The Kier molecular flexibility index (Phi) is 5.46. The summed E-state index contributed by atoms with van der Waals surface area (Å²) >= 11 is 1.57. The first-order chi connectivity index (χ1) is 12.2. The fraction of sp³-hybridized carbons (Fsp3) is 0.200. The Balaban J connectivity index is 1.75. The molecule has 5 heteroatoms. The third kappa shape index (κ3) is 4.06. The van der Waals surface area contributed by atoms with E-state index in [0.29, 0.717) is 5.56 Å². The first kappa shape index (κ1) is 17.2. The molecule has 1 heterocycles. The fourth-order valence-corrected chi connectivity index (χ4v) is 3.47. The maximum absolute atomic E-state index is 12.4. The van der Waals surface area contributed by atoms with Crippen molar-refractivity contribution in [2.75, 3.05) is 7.11 Å². The van der Waals surface area contributed by atoms with Gasteiger partial charge in [0.2, 0.25) is 0 Å². The zero-order chi connectivity index (χ0) is 17.6. The van der Waals surface area contributed by atoms with Crippen molar-refractivity contribution in [3.8, 4) is 17.0 Å². The summed E-state index contributed by atoms with van der Waals surface area (Å²) in [5, 5.41) is 6.01. The Morgan fingerprint density at radius 1 is 1.16 bits per heavy atom. The molecule has 1 unspecified atom stereocenters. The molecule has 1 amide bonds. The number of thiazole rings is 1. The lowest BCUT2D eigenvalue weighted by atomic mass is 10.1. The van der Waals surface area contributed by atoms with Gasteiger partial charge in [0.05, 0.1) is 18.8 Å². The van der Waals surface area contributed by atoms with Crippen LogP contribution in [0.25, 0.3) is 11.3 Å². The number of aromatic nitrogens is 1. The Morgan fingerprint density at radius 3 is 2.52 bits per heavy atom. The Morgan fingerprint density at radius 2 is 1.88 bits per heavy atom. The van der Waals surface area contributed by atoms with Crippen LogP contribution < -0.4 is 10.1 Å². The summed E-state index contributed by atoms with van der Waals surface area (Å²) in [6, 6.07) is 17.0. The molecular weight excluding hydrogens is 332 g/mol. The van der Waals surface area contributed by atoms with E-state index in [0.717, 1.165) is 28.4 Å². The van der Waals surface area contributed by atoms with E-state index in [-0.39, 0.29) is 11.9 Å². The van der Waals surface area contributed by atoms with E-state index < -0.39 is 0 Å². The van der Waals surface area contributed by atoms with Crippen molar-refractivity contribution in [2.45, 2.75) is 19.4 Å². The minimum atomic E-state index is -0.0929. The van der Waals surface area contributed by atoms with E-state index in [1.165, 1.54) is 0 Å². The van der Waals surface area contributed by atoms with Gasteiger partial charge < -0.3 is 10.1 Å². The number of amides is 1.